The van der Waals surface area contributed by atoms with Crippen molar-refractivity contribution in [2.24, 2.45) is 0 Å². The normalized spacial score (nSPS) is 11.1. The van der Waals surface area contributed by atoms with Crippen molar-refractivity contribution in [2.45, 2.75) is 20.4 Å². The number of pyridine rings is 1. The van der Waals surface area contributed by atoms with Crippen molar-refractivity contribution in [1.82, 2.24) is 29.9 Å². The van der Waals surface area contributed by atoms with Crippen LogP contribution in [0.5, 0.6) is 0 Å². The number of aryl methyl sites for hydroxylation is 2. The third-order valence-electron chi connectivity index (χ3n) is 6.48. The average Bonchev–Trinajstić information content (AvgIpc) is 3.54. The second-order valence-electron chi connectivity index (χ2n) is 9.17. The number of para-hydroxylation sites is 2. The first kappa shape index (κ1) is 23.4. The van der Waals surface area contributed by atoms with Crippen LogP contribution in [0.1, 0.15) is 27.3 Å². The molecule has 0 aliphatic carbocycles. The quantitative estimate of drug-likeness (QED) is 0.314. The lowest BCUT2D eigenvalue weighted by Crippen LogP contribution is -2.23. The molecule has 0 aliphatic rings. The van der Waals surface area contributed by atoms with E-state index in [0.717, 1.165) is 45.0 Å². The Hall–Kier alpha value is -5.04. The smallest absolute Gasteiger partial charge is 0.252 e. The van der Waals surface area contributed by atoms with Gasteiger partial charge in [0.25, 0.3) is 5.91 Å². The number of aromatic nitrogens is 5. The van der Waals surface area contributed by atoms with Gasteiger partial charge in [-0.15, -0.1) is 0 Å². The molecule has 0 bridgehead atoms. The zero-order chi connectivity index (χ0) is 26.1. The average molecular weight is 499 g/mol. The highest BCUT2D eigenvalue weighted by molar-refractivity contribution is 6.06. The largest absolute Gasteiger partial charge is 0.348 e. The first-order chi connectivity index (χ1) is 18.6. The Morgan fingerprint density at radius 2 is 1.45 bits per heavy atom. The first-order valence-electron chi connectivity index (χ1n) is 12.5. The lowest BCUT2D eigenvalue weighted by Gasteiger charge is -2.09. The second kappa shape index (κ2) is 9.78. The summed E-state index contributed by atoms with van der Waals surface area (Å²) in [5.41, 5.74) is 7.34. The van der Waals surface area contributed by atoms with Crippen LogP contribution in [0.4, 0.5) is 0 Å². The Balaban J connectivity index is 1.35. The summed E-state index contributed by atoms with van der Waals surface area (Å²) in [6.45, 7) is 4.13. The zero-order valence-electron chi connectivity index (χ0n) is 21.2. The Bertz CT molecular complexity index is 1740. The van der Waals surface area contributed by atoms with Crippen LogP contribution in [-0.2, 0) is 6.54 Å². The molecule has 1 amide bonds. The maximum atomic E-state index is 13.6. The summed E-state index contributed by atoms with van der Waals surface area (Å²) < 4.78 is 3.65. The van der Waals surface area contributed by atoms with Gasteiger partial charge >= 0.3 is 0 Å². The molecule has 6 rings (SSSR count). The summed E-state index contributed by atoms with van der Waals surface area (Å²) in [5.74, 6) is -0.178. The van der Waals surface area contributed by atoms with E-state index in [-0.39, 0.29) is 5.91 Å². The molecule has 1 N–H and O–H groups in total. The third-order valence-corrected chi connectivity index (χ3v) is 6.48. The molecule has 0 spiro atoms. The van der Waals surface area contributed by atoms with E-state index < -0.39 is 0 Å². The molecule has 3 aromatic carbocycles. The number of nitrogens with zero attached hydrogens (tertiary/aromatic N) is 5. The molecule has 38 heavy (non-hydrogen) atoms. The van der Waals surface area contributed by atoms with Gasteiger partial charge < -0.3 is 5.32 Å². The van der Waals surface area contributed by atoms with Gasteiger partial charge in [-0.05, 0) is 44.2 Å². The number of rotatable bonds is 6. The third kappa shape index (κ3) is 4.35. The molecule has 0 radical (unpaired) electrons. The lowest BCUT2D eigenvalue weighted by atomic mass is 10.1. The summed E-state index contributed by atoms with van der Waals surface area (Å²) >= 11 is 0. The molecular weight excluding hydrogens is 472 g/mol. The van der Waals surface area contributed by atoms with E-state index in [4.69, 9.17) is 15.2 Å². The molecule has 0 saturated carbocycles. The van der Waals surface area contributed by atoms with Crippen molar-refractivity contribution in [1.29, 1.82) is 0 Å². The molecule has 0 unspecified atom stereocenters. The molecule has 7 nitrogen and oxygen atoms in total. The van der Waals surface area contributed by atoms with Crippen molar-refractivity contribution in [3.63, 3.8) is 0 Å². The minimum absolute atomic E-state index is 0.178. The number of fused-ring (bicyclic) bond motifs is 1. The van der Waals surface area contributed by atoms with E-state index in [2.05, 4.69) is 5.32 Å². The Kier molecular flexibility index (Phi) is 6.01. The molecule has 0 atom stereocenters. The first-order valence-corrected chi connectivity index (χ1v) is 12.5. The van der Waals surface area contributed by atoms with Gasteiger partial charge in [0.2, 0.25) is 0 Å². The fraction of sp³-hybridized carbons (Fsp3) is 0.0968. The van der Waals surface area contributed by atoms with E-state index in [0.29, 0.717) is 17.8 Å². The van der Waals surface area contributed by atoms with Gasteiger partial charge in [-0.2, -0.15) is 10.2 Å². The van der Waals surface area contributed by atoms with Crippen molar-refractivity contribution < 1.29 is 4.79 Å². The van der Waals surface area contributed by atoms with Gasteiger partial charge in [0.1, 0.15) is 0 Å². The number of benzene rings is 3. The summed E-state index contributed by atoms with van der Waals surface area (Å²) in [7, 11) is 0. The van der Waals surface area contributed by atoms with E-state index in [9.17, 15) is 4.79 Å². The van der Waals surface area contributed by atoms with Crippen molar-refractivity contribution >= 4 is 16.9 Å². The van der Waals surface area contributed by atoms with Crippen LogP contribution >= 0.6 is 0 Å². The summed E-state index contributed by atoms with van der Waals surface area (Å²) in [6.07, 6.45) is 1.98. The summed E-state index contributed by atoms with van der Waals surface area (Å²) in [6, 6.07) is 31.6. The van der Waals surface area contributed by atoms with Gasteiger partial charge in [-0.3, -0.25) is 4.79 Å². The van der Waals surface area contributed by atoms with Crippen molar-refractivity contribution in [3.05, 3.63) is 126 Å². The molecule has 0 saturated heterocycles. The Morgan fingerprint density at radius 1 is 0.816 bits per heavy atom. The topological polar surface area (TPSA) is 77.6 Å². The van der Waals surface area contributed by atoms with E-state index >= 15 is 0 Å². The van der Waals surface area contributed by atoms with Gasteiger partial charge in [0.05, 0.1) is 33.7 Å². The molecule has 6 aromatic rings. The molecule has 3 heterocycles. The number of amides is 1. The predicted molar refractivity (Wildman–Crippen MR) is 149 cm³/mol. The monoisotopic (exact) mass is 498 g/mol. The minimum atomic E-state index is -0.178. The van der Waals surface area contributed by atoms with Crippen LogP contribution < -0.4 is 5.32 Å². The number of nitrogens with one attached hydrogen (secondary N) is 1. The predicted octanol–water partition coefficient (Wildman–Crippen LogP) is 5.82. The lowest BCUT2D eigenvalue weighted by molar-refractivity contribution is 0.0952. The Labute approximate surface area is 220 Å². The van der Waals surface area contributed by atoms with Crippen LogP contribution in [0, 0.1) is 13.8 Å². The van der Waals surface area contributed by atoms with Crippen LogP contribution in [0.3, 0.4) is 0 Å². The molecule has 7 heteroatoms. The number of hydrogen-bond donors (Lipinski definition) is 1. The van der Waals surface area contributed by atoms with Gasteiger partial charge in [-0.1, -0.05) is 66.7 Å². The molecule has 3 aromatic heterocycles. The van der Waals surface area contributed by atoms with E-state index in [1.807, 2.05) is 122 Å². The standard InChI is InChI=1S/C31H26N6O/c1-21-18-27(28-22(2)34-37(30(28)33-21)26-16-10-5-11-17-26)31(38)32-19-24-20-36(25-14-8-4-9-15-25)35-29(24)23-12-6-3-7-13-23/h3-18,20H,19H2,1-2H3,(H,32,38). The second-order valence-corrected chi connectivity index (χ2v) is 9.17. The maximum absolute atomic E-state index is 13.6. The van der Waals surface area contributed by atoms with E-state index in [1.165, 1.54) is 0 Å². The van der Waals surface area contributed by atoms with Gasteiger partial charge in [-0.25, -0.2) is 14.3 Å². The molecular formula is C31H26N6O. The molecule has 0 fully saturated rings. The maximum Gasteiger partial charge on any atom is 0.252 e. The van der Waals surface area contributed by atoms with Crippen molar-refractivity contribution in [2.75, 3.05) is 0 Å². The van der Waals surface area contributed by atoms with Crippen LogP contribution in [0.15, 0.2) is 103 Å². The fourth-order valence-corrected chi connectivity index (χ4v) is 4.70. The molecule has 0 aliphatic heterocycles. The SMILES string of the molecule is Cc1cc(C(=O)NCc2cn(-c3ccccc3)nc2-c2ccccc2)c2c(C)nn(-c3ccccc3)c2n1. The minimum Gasteiger partial charge on any atom is -0.348 e. The highest BCUT2D eigenvalue weighted by Crippen LogP contribution is 2.26. The zero-order valence-corrected chi connectivity index (χ0v) is 21.2. The highest BCUT2D eigenvalue weighted by Gasteiger charge is 2.20. The fourth-order valence-electron chi connectivity index (χ4n) is 4.70. The van der Waals surface area contributed by atoms with Crippen LogP contribution in [0.25, 0.3) is 33.7 Å². The number of carbonyl (C=O) groups is 1. The van der Waals surface area contributed by atoms with E-state index in [1.54, 1.807) is 4.68 Å². The number of carbonyl (C=O) groups excluding carboxylic acids is 1. The van der Waals surface area contributed by atoms with Gasteiger partial charge in [0.15, 0.2) is 5.65 Å². The van der Waals surface area contributed by atoms with Crippen LogP contribution in [0.2, 0.25) is 0 Å². The summed E-state index contributed by atoms with van der Waals surface area (Å²) in [4.78, 5) is 18.3. The summed E-state index contributed by atoms with van der Waals surface area (Å²) in [5, 5.41) is 13.5. The Morgan fingerprint density at radius 3 is 2.13 bits per heavy atom. The highest BCUT2D eigenvalue weighted by atomic mass is 16.1. The van der Waals surface area contributed by atoms with Gasteiger partial charge in [0, 0.05) is 29.6 Å². The van der Waals surface area contributed by atoms with Crippen LogP contribution in [-0.4, -0.2) is 30.5 Å². The van der Waals surface area contributed by atoms with Crippen molar-refractivity contribution in [3.8, 4) is 22.6 Å². The number of hydrogen-bond acceptors (Lipinski definition) is 4. The molecule has 186 valence electrons.